The molecule has 1 nitrogen and oxygen atoms in total. The van der Waals surface area contributed by atoms with E-state index in [1.807, 2.05) is 30.3 Å². The highest BCUT2D eigenvalue weighted by Crippen LogP contribution is 2.33. The van der Waals surface area contributed by atoms with Crippen LogP contribution in [0.5, 0.6) is 5.75 Å². The number of ether oxygens (including phenoxy) is 1. The maximum atomic E-state index is 6.41. The lowest BCUT2D eigenvalue weighted by Crippen LogP contribution is -1.93. The minimum Gasteiger partial charge on any atom is -0.497 e. The third-order valence-corrected chi connectivity index (χ3v) is 3.89. The Morgan fingerprint density at radius 3 is 2.06 bits per heavy atom. The number of alkyl halides is 1. The normalized spacial score (nSPS) is 12.2. The molecule has 0 saturated heterocycles. The summed E-state index contributed by atoms with van der Waals surface area (Å²) in [5.41, 5.74) is 1.90. The maximum absolute atomic E-state index is 6.41. The molecule has 1 atom stereocenters. The Morgan fingerprint density at radius 2 is 1.50 bits per heavy atom. The van der Waals surface area contributed by atoms with Crippen LogP contribution in [0.25, 0.3) is 0 Å². The van der Waals surface area contributed by atoms with Crippen molar-refractivity contribution in [2.75, 3.05) is 7.11 Å². The van der Waals surface area contributed by atoms with Crippen molar-refractivity contribution in [2.45, 2.75) is 5.38 Å². The molecule has 0 heterocycles. The molecule has 0 aliphatic carbocycles. The quantitative estimate of drug-likeness (QED) is 0.696. The molecular weight excluding hydrogens is 291 g/mol. The average molecular weight is 302 g/mol. The first kappa shape index (κ1) is 13.5. The zero-order chi connectivity index (χ0) is 13.1. The lowest BCUT2D eigenvalue weighted by Gasteiger charge is -2.11. The molecular formula is C14H11Cl3O. The highest BCUT2D eigenvalue weighted by Gasteiger charge is 2.12. The number of rotatable bonds is 3. The summed E-state index contributed by atoms with van der Waals surface area (Å²) in [6.45, 7) is 0. The Kier molecular flexibility index (Phi) is 4.39. The van der Waals surface area contributed by atoms with E-state index in [0.29, 0.717) is 10.0 Å². The Hall–Kier alpha value is -0.890. The van der Waals surface area contributed by atoms with Gasteiger partial charge in [0, 0.05) is 0 Å². The lowest BCUT2D eigenvalue weighted by molar-refractivity contribution is 0.414. The van der Waals surface area contributed by atoms with Crippen molar-refractivity contribution >= 4 is 34.8 Å². The van der Waals surface area contributed by atoms with Crippen LogP contribution in [-0.2, 0) is 0 Å². The molecule has 0 fully saturated rings. The van der Waals surface area contributed by atoms with E-state index in [-0.39, 0.29) is 5.38 Å². The summed E-state index contributed by atoms with van der Waals surface area (Å²) < 4.78 is 5.11. The van der Waals surface area contributed by atoms with Crippen molar-refractivity contribution in [2.24, 2.45) is 0 Å². The SMILES string of the molecule is COc1ccc(C(Cl)c2ccc(Cl)c(Cl)c2)cc1. The molecule has 2 aromatic rings. The van der Waals surface area contributed by atoms with Crippen LogP contribution in [0.4, 0.5) is 0 Å². The molecule has 0 aliphatic rings. The molecule has 18 heavy (non-hydrogen) atoms. The summed E-state index contributed by atoms with van der Waals surface area (Å²) in [4.78, 5) is 0. The molecule has 0 aliphatic heterocycles. The van der Waals surface area contributed by atoms with Gasteiger partial charge in [0.2, 0.25) is 0 Å². The predicted octanol–water partition coefficient (Wildman–Crippen LogP) is 5.33. The first-order chi connectivity index (χ1) is 8.61. The fourth-order valence-corrected chi connectivity index (χ4v) is 2.22. The summed E-state index contributed by atoms with van der Waals surface area (Å²) in [5, 5.41) is 0.776. The van der Waals surface area contributed by atoms with E-state index >= 15 is 0 Å². The third kappa shape index (κ3) is 2.92. The van der Waals surface area contributed by atoms with Crippen LogP contribution in [0.15, 0.2) is 42.5 Å². The summed E-state index contributed by atoms with van der Waals surface area (Å²) in [6, 6.07) is 13.0. The molecule has 0 saturated carbocycles. The minimum atomic E-state index is -0.259. The van der Waals surface area contributed by atoms with Crippen LogP contribution in [0.3, 0.4) is 0 Å². The van der Waals surface area contributed by atoms with E-state index in [1.54, 1.807) is 19.2 Å². The van der Waals surface area contributed by atoms with Crippen LogP contribution in [0, 0.1) is 0 Å². The van der Waals surface area contributed by atoms with Gasteiger partial charge in [-0.25, -0.2) is 0 Å². The second-order valence-electron chi connectivity index (χ2n) is 3.81. The standard InChI is InChI=1S/C14H11Cl3O/c1-18-11-5-2-9(3-6-11)14(17)10-4-7-12(15)13(16)8-10/h2-8,14H,1H3. The van der Waals surface area contributed by atoms with E-state index in [0.717, 1.165) is 16.9 Å². The molecule has 0 radical (unpaired) electrons. The van der Waals surface area contributed by atoms with Gasteiger partial charge in [0.05, 0.1) is 22.5 Å². The van der Waals surface area contributed by atoms with Gasteiger partial charge in [-0.1, -0.05) is 41.4 Å². The maximum Gasteiger partial charge on any atom is 0.118 e. The fraction of sp³-hybridized carbons (Fsp3) is 0.143. The van der Waals surface area contributed by atoms with Crippen molar-refractivity contribution in [1.82, 2.24) is 0 Å². The van der Waals surface area contributed by atoms with Crippen molar-refractivity contribution in [3.63, 3.8) is 0 Å². The van der Waals surface area contributed by atoms with Crippen molar-refractivity contribution in [3.8, 4) is 5.75 Å². The lowest BCUT2D eigenvalue weighted by atomic mass is 10.0. The molecule has 0 bridgehead atoms. The van der Waals surface area contributed by atoms with Crippen LogP contribution in [0.1, 0.15) is 16.5 Å². The van der Waals surface area contributed by atoms with Gasteiger partial charge in [0.25, 0.3) is 0 Å². The molecule has 94 valence electrons. The fourth-order valence-electron chi connectivity index (χ4n) is 1.64. The highest BCUT2D eigenvalue weighted by atomic mass is 35.5. The molecule has 2 aromatic carbocycles. The largest absolute Gasteiger partial charge is 0.497 e. The number of benzene rings is 2. The first-order valence-corrected chi connectivity index (χ1v) is 6.54. The minimum absolute atomic E-state index is 0.259. The number of hydrogen-bond acceptors (Lipinski definition) is 1. The Morgan fingerprint density at radius 1 is 0.889 bits per heavy atom. The van der Waals surface area contributed by atoms with Crippen LogP contribution < -0.4 is 4.74 Å². The van der Waals surface area contributed by atoms with Gasteiger partial charge in [0.1, 0.15) is 5.75 Å². The first-order valence-electron chi connectivity index (χ1n) is 5.35. The van der Waals surface area contributed by atoms with E-state index in [9.17, 15) is 0 Å². The smallest absolute Gasteiger partial charge is 0.118 e. The predicted molar refractivity (Wildman–Crippen MR) is 77.2 cm³/mol. The van der Waals surface area contributed by atoms with Crippen LogP contribution in [-0.4, -0.2) is 7.11 Å². The molecule has 0 spiro atoms. The molecule has 2 rings (SSSR count). The van der Waals surface area contributed by atoms with Crippen LogP contribution >= 0.6 is 34.8 Å². The zero-order valence-corrected chi connectivity index (χ0v) is 11.9. The van der Waals surface area contributed by atoms with Crippen molar-refractivity contribution in [1.29, 1.82) is 0 Å². The van der Waals surface area contributed by atoms with Gasteiger partial charge in [-0.15, -0.1) is 11.6 Å². The van der Waals surface area contributed by atoms with Crippen LogP contribution in [0.2, 0.25) is 10.0 Å². The van der Waals surface area contributed by atoms with E-state index < -0.39 is 0 Å². The van der Waals surface area contributed by atoms with E-state index in [4.69, 9.17) is 39.5 Å². The summed E-state index contributed by atoms with van der Waals surface area (Å²) in [6.07, 6.45) is 0. The zero-order valence-electron chi connectivity index (χ0n) is 9.66. The number of hydrogen-bond donors (Lipinski definition) is 0. The van der Waals surface area contributed by atoms with Crippen molar-refractivity contribution in [3.05, 3.63) is 63.6 Å². The highest BCUT2D eigenvalue weighted by molar-refractivity contribution is 6.42. The molecule has 0 N–H and O–H groups in total. The van der Waals surface area contributed by atoms with Gasteiger partial charge in [-0.05, 0) is 35.4 Å². The Labute approximate surface area is 121 Å². The van der Waals surface area contributed by atoms with Gasteiger partial charge >= 0.3 is 0 Å². The third-order valence-electron chi connectivity index (χ3n) is 2.64. The Balaban J connectivity index is 2.28. The van der Waals surface area contributed by atoms with Gasteiger partial charge in [-0.2, -0.15) is 0 Å². The molecule has 0 amide bonds. The van der Waals surface area contributed by atoms with Gasteiger partial charge in [-0.3, -0.25) is 0 Å². The monoisotopic (exact) mass is 300 g/mol. The van der Waals surface area contributed by atoms with Gasteiger partial charge < -0.3 is 4.74 Å². The molecule has 1 unspecified atom stereocenters. The summed E-state index contributed by atoms with van der Waals surface area (Å²) in [7, 11) is 1.63. The second kappa shape index (κ2) is 5.83. The topological polar surface area (TPSA) is 9.23 Å². The van der Waals surface area contributed by atoms with E-state index in [2.05, 4.69) is 0 Å². The van der Waals surface area contributed by atoms with E-state index in [1.165, 1.54) is 0 Å². The summed E-state index contributed by atoms with van der Waals surface area (Å²) >= 11 is 18.3. The molecule has 0 aromatic heterocycles. The Bertz CT molecular complexity index is 537. The molecule has 4 heteroatoms. The summed E-state index contributed by atoms with van der Waals surface area (Å²) in [5.74, 6) is 0.803. The van der Waals surface area contributed by atoms with Gasteiger partial charge in [0.15, 0.2) is 0 Å². The average Bonchev–Trinajstić information content (AvgIpc) is 2.41. The van der Waals surface area contributed by atoms with Crippen molar-refractivity contribution < 1.29 is 4.74 Å². The second-order valence-corrected chi connectivity index (χ2v) is 5.06. The number of methoxy groups -OCH3 is 1. The number of halogens is 3.